The maximum Gasteiger partial charge on any atom is 0.124 e. The zero-order chi connectivity index (χ0) is 14.7. The lowest BCUT2D eigenvalue weighted by Crippen LogP contribution is -1.84. The molecule has 0 fully saturated rings. The van der Waals surface area contributed by atoms with E-state index in [0.29, 0.717) is 0 Å². The molecule has 0 saturated carbocycles. The number of thiazole rings is 1. The highest BCUT2D eigenvalue weighted by atomic mass is 79.9. The summed E-state index contributed by atoms with van der Waals surface area (Å²) in [6, 6.07) is 17.0. The van der Waals surface area contributed by atoms with Crippen LogP contribution in [0.4, 0.5) is 0 Å². The van der Waals surface area contributed by atoms with Crippen molar-refractivity contribution in [1.29, 1.82) is 0 Å². The minimum atomic E-state index is 1.05. The predicted octanol–water partition coefficient (Wildman–Crippen LogP) is 6.19. The van der Waals surface area contributed by atoms with E-state index in [4.69, 9.17) is 4.98 Å². The maximum atomic E-state index is 4.77. The van der Waals surface area contributed by atoms with Crippen molar-refractivity contribution in [2.45, 2.75) is 19.8 Å². The summed E-state index contributed by atoms with van der Waals surface area (Å²) in [5.41, 5.74) is 4.79. The fraction of sp³-hybridized carbons (Fsp3) is 0.167. The molecule has 0 bridgehead atoms. The molecule has 3 heteroatoms. The first-order valence-corrected chi connectivity index (χ1v) is 8.74. The van der Waals surface area contributed by atoms with Crippen LogP contribution in [0.3, 0.4) is 0 Å². The van der Waals surface area contributed by atoms with Gasteiger partial charge in [-0.05, 0) is 24.1 Å². The lowest BCUT2D eigenvalue weighted by atomic mass is 10.1. The maximum absolute atomic E-state index is 4.77. The highest BCUT2D eigenvalue weighted by Gasteiger charge is 2.07. The number of rotatable bonds is 4. The van der Waals surface area contributed by atoms with Crippen molar-refractivity contribution in [3.05, 3.63) is 63.9 Å². The number of aromatic nitrogens is 1. The Morgan fingerprint density at radius 2 is 1.86 bits per heavy atom. The van der Waals surface area contributed by atoms with Crippen molar-refractivity contribution in [2.75, 3.05) is 0 Å². The molecule has 106 valence electrons. The third kappa shape index (κ3) is 3.42. The number of aryl methyl sites for hydroxylation is 1. The molecule has 0 N–H and O–H groups in total. The van der Waals surface area contributed by atoms with Gasteiger partial charge in [-0.3, -0.25) is 0 Å². The Bertz CT molecular complexity index is 731. The second-order valence-corrected chi connectivity index (χ2v) is 6.77. The molecule has 21 heavy (non-hydrogen) atoms. The lowest BCUT2D eigenvalue weighted by Gasteiger charge is -2.01. The summed E-state index contributed by atoms with van der Waals surface area (Å²) in [6.45, 7) is 2.21. The van der Waals surface area contributed by atoms with E-state index in [-0.39, 0.29) is 0 Å². The van der Waals surface area contributed by atoms with Crippen molar-refractivity contribution < 1.29 is 0 Å². The third-order valence-electron chi connectivity index (χ3n) is 3.36. The zero-order valence-corrected chi connectivity index (χ0v) is 14.2. The highest BCUT2D eigenvalue weighted by Crippen LogP contribution is 2.30. The van der Waals surface area contributed by atoms with Gasteiger partial charge in [0.2, 0.25) is 0 Å². The molecule has 0 saturated heterocycles. The van der Waals surface area contributed by atoms with Crippen molar-refractivity contribution >= 4 is 27.3 Å². The molecule has 3 aromatic rings. The van der Waals surface area contributed by atoms with Crippen LogP contribution >= 0.6 is 27.3 Å². The van der Waals surface area contributed by atoms with Crippen LogP contribution in [0.25, 0.3) is 21.8 Å². The van der Waals surface area contributed by atoms with Gasteiger partial charge < -0.3 is 0 Å². The third-order valence-corrected chi connectivity index (χ3v) is 4.75. The average molecular weight is 358 g/mol. The Morgan fingerprint density at radius 3 is 2.57 bits per heavy atom. The van der Waals surface area contributed by atoms with Crippen molar-refractivity contribution in [3.63, 3.8) is 0 Å². The van der Waals surface area contributed by atoms with Gasteiger partial charge in [-0.2, -0.15) is 0 Å². The molecule has 2 aromatic carbocycles. The smallest absolute Gasteiger partial charge is 0.124 e. The minimum absolute atomic E-state index is 1.05. The van der Waals surface area contributed by atoms with Crippen LogP contribution in [0.5, 0.6) is 0 Å². The van der Waals surface area contributed by atoms with Crippen LogP contribution in [0, 0.1) is 0 Å². The summed E-state index contributed by atoms with van der Waals surface area (Å²) < 4.78 is 1.08. The first kappa shape index (κ1) is 14.5. The van der Waals surface area contributed by atoms with E-state index in [1.807, 2.05) is 12.1 Å². The Hall–Kier alpha value is -1.45. The number of nitrogens with zero attached hydrogens (tertiary/aromatic N) is 1. The van der Waals surface area contributed by atoms with Gasteiger partial charge in [-0.25, -0.2) is 4.98 Å². The molecule has 0 aliphatic heterocycles. The molecule has 0 aliphatic rings. The normalized spacial score (nSPS) is 10.8. The van der Waals surface area contributed by atoms with Crippen molar-refractivity contribution in [3.8, 4) is 21.8 Å². The largest absolute Gasteiger partial charge is 0.236 e. The van der Waals surface area contributed by atoms with E-state index in [9.17, 15) is 0 Å². The SMILES string of the molecule is CCCc1ccc(-c2csc(-c3cccc(Br)c3)n2)cc1. The molecule has 0 amide bonds. The summed E-state index contributed by atoms with van der Waals surface area (Å²) in [5, 5.41) is 3.19. The van der Waals surface area contributed by atoms with Crippen LogP contribution in [0.15, 0.2) is 58.4 Å². The number of hydrogen-bond acceptors (Lipinski definition) is 2. The van der Waals surface area contributed by atoms with Gasteiger partial charge in [0, 0.05) is 21.0 Å². The van der Waals surface area contributed by atoms with E-state index in [2.05, 4.69) is 64.6 Å². The fourth-order valence-electron chi connectivity index (χ4n) is 2.29. The molecule has 1 aromatic heterocycles. The minimum Gasteiger partial charge on any atom is -0.236 e. The number of hydrogen-bond donors (Lipinski definition) is 0. The number of halogens is 1. The molecule has 1 heterocycles. The molecular weight excluding hydrogens is 342 g/mol. The van der Waals surface area contributed by atoms with Gasteiger partial charge >= 0.3 is 0 Å². The standard InChI is InChI=1S/C18H16BrNS/c1-2-4-13-7-9-14(10-8-13)17-12-21-18(20-17)15-5-3-6-16(19)11-15/h3,5-12H,2,4H2,1H3. The highest BCUT2D eigenvalue weighted by molar-refractivity contribution is 9.10. The van der Waals surface area contributed by atoms with Crippen LogP contribution in [-0.4, -0.2) is 4.98 Å². The predicted molar refractivity (Wildman–Crippen MR) is 94.7 cm³/mol. The second kappa shape index (κ2) is 6.54. The van der Waals surface area contributed by atoms with E-state index in [0.717, 1.165) is 27.2 Å². The van der Waals surface area contributed by atoms with Crippen LogP contribution < -0.4 is 0 Å². The molecular formula is C18H16BrNS. The summed E-state index contributed by atoms with van der Waals surface area (Å²) in [5.74, 6) is 0. The van der Waals surface area contributed by atoms with Gasteiger partial charge in [0.1, 0.15) is 5.01 Å². The topological polar surface area (TPSA) is 12.9 Å². The van der Waals surface area contributed by atoms with Crippen LogP contribution in [0.1, 0.15) is 18.9 Å². The molecule has 3 rings (SSSR count). The Kier molecular flexibility index (Phi) is 4.51. The summed E-state index contributed by atoms with van der Waals surface area (Å²) in [6.07, 6.45) is 2.32. The quantitative estimate of drug-likeness (QED) is 0.542. The Balaban J connectivity index is 1.87. The van der Waals surface area contributed by atoms with Crippen molar-refractivity contribution in [2.24, 2.45) is 0 Å². The first-order valence-electron chi connectivity index (χ1n) is 7.07. The zero-order valence-electron chi connectivity index (χ0n) is 11.8. The molecule has 1 nitrogen and oxygen atoms in total. The molecule has 0 atom stereocenters. The molecule has 0 spiro atoms. The first-order chi connectivity index (χ1) is 10.3. The van der Waals surface area contributed by atoms with Crippen LogP contribution in [0.2, 0.25) is 0 Å². The van der Waals surface area contributed by atoms with E-state index in [1.54, 1.807) is 11.3 Å². The molecule has 0 radical (unpaired) electrons. The summed E-state index contributed by atoms with van der Waals surface area (Å²) in [7, 11) is 0. The summed E-state index contributed by atoms with van der Waals surface area (Å²) in [4.78, 5) is 4.77. The van der Waals surface area contributed by atoms with Crippen LogP contribution in [-0.2, 0) is 6.42 Å². The van der Waals surface area contributed by atoms with Gasteiger partial charge in [0.15, 0.2) is 0 Å². The second-order valence-electron chi connectivity index (χ2n) is 5.00. The van der Waals surface area contributed by atoms with Gasteiger partial charge in [0.25, 0.3) is 0 Å². The fourth-order valence-corrected chi connectivity index (χ4v) is 3.52. The van der Waals surface area contributed by atoms with Gasteiger partial charge in [-0.1, -0.05) is 65.7 Å². The molecule has 0 aliphatic carbocycles. The molecule has 0 unspecified atom stereocenters. The summed E-state index contributed by atoms with van der Waals surface area (Å²) >= 11 is 5.20. The van der Waals surface area contributed by atoms with E-state index < -0.39 is 0 Å². The monoisotopic (exact) mass is 357 g/mol. The van der Waals surface area contributed by atoms with E-state index >= 15 is 0 Å². The van der Waals surface area contributed by atoms with E-state index in [1.165, 1.54) is 17.5 Å². The van der Waals surface area contributed by atoms with Gasteiger partial charge in [0.05, 0.1) is 5.69 Å². The number of benzene rings is 2. The Morgan fingerprint density at radius 1 is 1.05 bits per heavy atom. The average Bonchev–Trinajstić information content (AvgIpc) is 2.98. The van der Waals surface area contributed by atoms with Gasteiger partial charge in [-0.15, -0.1) is 11.3 Å². The lowest BCUT2D eigenvalue weighted by molar-refractivity contribution is 0.922. The van der Waals surface area contributed by atoms with Crippen molar-refractivity contribution in [1.82, 2.24) is 4.98 Å². The Labute approximate surface area is 137 Å².